The topological polar surface area (TPSA) is 72.6 Å². The van der Waals surface area contributed by atoms with Gasteiger partial charge < -0.3 is 9.64 Å². The van der Waals surface area contributed by atoms with Gasteiger partial charge in [0.1, 0.15) is 12.1 Å². The third-order valence-corrected chi connectivity index (χ3v) is 5.20. The van der Waals surface area contributed by atoms with Crippen LogP contribution in [0.4, 0.5) is 0 Å². The van der Waals surface area contributed by atoms with E-state index in [2.05, 4.69) is 21.1 Å². The summed E-state index contributed by atoms with van der Waals surface area (Å²) in [5.41, 5.74) is 3.55. The standard InChI is InChI=1S/C20H23N5O2/c1-13-6-4-8-17(27-3)18(13)19(26)24-9-5-7-15(11-24)16-10-14(2)23-20-21-12-22-25(16)20/h4,6,8,10,12,15H,5,7,9,11H2,1-3H3. The van der Waals surface area contributed by atoms with Gasteiger partial charge in [-0.1, -0.05) is 12.1 Å². The molecule has 3 aromatic rings. The number of benzene rings is 1. The minimum Gasteiger partial charge on any atom is -0.496 e. The zero-order valence-electron chi connectivity index (χ0n) is 15.8. The van der Waals surface area contributed by atoms with Crippen molar-refractivity contribution < 1.29 is 9.53 Å². The second-order valence-corrected chi connectivity index (χ2v) is 7.04. The molecule has 4 rings (SSSR count). The molecule has 1 aromatic carbocycles. The molecule has 1 amide bonds. The first-order valence-corrected chi connectivity index (χ1v) is 9.18. The molecule has 1 unspecified atom stereocenters. The highest BCUT2D eigenvalue weighted by Crippen LogP contribution is 2.30. The highest BCUT2D eigenvalue weighted by atomic mass is 16.5. The van der Waals surface area contributed by atoms with E-state index in [1.54, 1.807) is 11.6 Å². The molecule has 3 heterocycles. The third kappa shape index (κ3) is 3.13. The number of carbonyl (C=O) groups is 1. The molecule has 1 atom stereocenters. The van der Waals surface area contributed by atoms with E-state index < -0.39 is 0 Å². The first kappa shape index (κ1) is 17.5. The van der Waals surface area contributed by atoms with Crippen LogP contribution in [0.3, 0.4) is 0 Å². The van der Waals surface area contributed by atoms with Crippen LogP contribution in [0.2, 0.25) is 0 Å². The van der Waals surface area contributed by atoms with Crippen LogP contribution < -0.4 is 4.74 Å². The first-order valence-electron chi connectivity index (χ1n) is 9.18. The van der Waals surface area contributed by atoms with E-state index in [-0.39, 0.29) is 11.8 Å². The van der Waals surface area contributed by atoms with Crippen molar-refractivity contribution in [2.24, 2.45) is 0 Å². The number of aryl methyl sites for hydroxylation is 2. The number of likely N-dealkylation sites (tertiary alicyclic amines) is 1. The Balaban J connectivity index is 1.65. The fourth-order valence-electron chi connectivity index (χ4n) is 3.90. The van der Waals surface area contributed by atoms with Crippen LogP contribution in [0.15, 0.2) is 30.6 Å². The van der Waals surface area contributed by atoms with Crippen molar-refractivity contribution in [1.82, 2.24) is 24.5 Å². The van der Waals surface area contributed by atoms with Crippen molar-refractivity contribution in [3.63, 3.8) is 0 Å². The van der Waals surface area contributed by atoms with Crippen molar-refractivity contribution in [3.8, 4) is 5.75 Å². The summed E-state index contributed by atoms with van der Waals surface area (Å²) in [7, 11) is 1.60. The van der Waals surface area contributed by atoms with Crippen molar-refractivity contribution in [2.75, 3.05) is 20.2 Å². The quantitative estimate of drug-likeness (QED) is 0.714. The molecule has 0 saturated carbocycles. The van der Waals surface area contributed by atoms with Crippen LogP contribution in [-0.2, 0) is 0 Å². The van der Waals surface area contributed by atoms with Gasteiger partial charge in [-0.2, -0.15) is 10.1 Å². The number of amides is 1. The molecule has 27 heavy (non-hydrogen) atoms. The normalized spacial score (nSPS) is 17.3. The molecular weight excluding hydrogens is 342 g/mol. The van der Waals surface area contributed by atoms with Gasteiger partial charge in [0.15, 0.2) is 0 Å². The fraction of sp³-hybridized carbons (Fsp3) is 0.400. The smallest absolute Gasteiger partial charge is 0.257 e. The van der Waals surface area contributed by atoms with Gasteiger partial charge in [-0.3, -0.25) is 4.79 Å². The number of ether oxygens (including phenoxy) is 1. The van der Waals surface area contributed by atoms with Gasteiger partial charge in [-0.15, -0.1) is 0 Å². The van der Waals surface area contributed by atoms with E-state index in [0.717, 1.165) is 36.3 Å². The Hall–Kier alpha value is -2.96. The molecule has 1 aliphatic rings. The predicted molar refractivity (Wildman–Crippen MR) is 101 cm³/mol. The average Bonchev–Trinajstić information content (AvgIpc) is 3.15. The highest BCUT2D eigenvalue weighted by Gasteiger charge is 2.29. The largest absolute Gasteiger partial charge is 0.496 e. The lowest BCUT2D eigenvalue weighted by Crippen LogP contribution is -2.40. The maximum Gasteiger partial charge on any atom is 0.257 e. The third-order valence-electron chi connectivity index (χ3n) is 5.20. The second kappa shape index (κ2) is 6.98. The van der Waals surface area contributed by atoms with E-state index in [4.69, 9.17) is 4.74 Å². The molecule has 0 aliphatic carbocycles. The van der Waals surface area contributed by atoms with Crippen molar-refractivity contribution in [2.45, 2.75) is 32.6 Å². The van der Waals surface area contributed by atoms with Crippen LogP contribution in [0.25, 0.3) is 5.78 Å². The summed E-state index contributed by atoms with van der Waals surface area (Å²) >= 11 is 0. The Labute approximate surface area is 158 Å². The van der Waals surface area contributed by atoms with Crippen molar-refractivity contribution >= 4 is 11.7 Å². The van der Waals surface area contributed by atoms with Crippen LogP contribution in [0.1, 0.15) is 46.1 Å². The van der Waals surface area contributed by atoms with Crippen molar-refractivity contribution in [3.05, 3.63) is 53.1 Å². The lowest BCUT2D eigenvalue weighted by atomic mass is 9.93. The number of aromatic nitrogens is 4. The van der Waals surface area contributed by atoms with Gasteiger partial charge in [0.25, 0.3) is 11.7 Å². The molecule has 140 valence electrons. The SMILES string of the molecule is COc1cccc(C)c1C(=O)N1CCCC(c2cc(C)nc3ncnn23)C1. The number of carbonyl (C=O) groups excluding carboxylic acids is 1. The van der Waals surface area contributed by atoms with E-state index in [0.29, 0.717) is 23.6 Å². The lowest BCUT2D eigenvalue weighted by Gasteiger charge is -2.33. The minimum absolute atomic E-state index is 0.0234. The molecule has 0 bridgehead atoms. The highest BCUT2D eigenvalue weighted by molar-refractivity contribution is 5.98. The molecule has 0 N–H and O–H groups in total. The molecular formula is C20H23N5O2. The van der Waals surface area contributed by atoms with Gasteiger partial charge in [-0.05, 0) is 44.4 Å². The molecule has 0 spiro atoms. The number of nitrogens with zero attached hydrogens (tertiary/aromatic N) is 5. The summed E-state index contributed by atoms with van der Waals surface area (Å²) in [6, 6.07) is 7.75. The minimum atomic E-state index is 0.0234. The molecule has 7 heteroatoms. The number of fused-ring (bicyclic) bond motifs is 1. The fourth-order valence-corrected chi connectivity index (χ4v) is 3.90. The summed E-state index contributed by atoms with van der Waals surface area (Å²) in [5, 5.41) is 4.32. The maximum absolute atomic E-state index is 13.3. The Morgan fingerprint density at radius 1 is 1.30 bits per heavy atom. The number of hydrogen-bond donors (Lipinski definition) is 0. The van der Waals surface area contributed by atoms with Crippen LogP contribution >= 0.6 is 0 Å². The van der Waals surface area contributed by atoms with Gasteiger partial charge in [-0.25, -0.2) is 9.50 Å². The molecule has 2 aromatic heterocycles. The first-order chi connectivity index (χ1) is 13.1. The van der Waals surface area contributed by atoms with Gasteiger partial charge >= 0.3 is 0 Å². The summed E-state index contributed by atoms with van der Waals surface area (Å²) in [6.45, 7) is 5.30. The van der Waals surface area contributed by atoms with Gasteiger partial charge in [0.05, 0.1) is 18.4 Å². The summed E-state index contributed by atoms with van der Waals surface area (Å²) in [5.74, 6) is 1.45. The van der Waals surface area contributed by atoms with Crippen LogP contribution in [0, 0.1) is 13.8 Å². The zero-order valence-corrected chi connectivity index (χ0v) is 15.8. The van der Waals surface area contributed by atoms with Crippen LogP contribution in [-0.4, -0.2) is 50.6 Å². The van der Waals surface area contributed by atoms with E-state index in [1.165, 1.54) is 6.33 Å². The Morgan fingerprint density at radius 2 is 2.15 bits per heavy atom. The number of piperidine rings is 1. The Morgan fingerprint density at radius 3 is 2.96 bits per heavy atom. The van der Waals surface area contributed by atoms with Gasteiger partial charge in [0, 0.05) is 24.7 Å². The van der Waals surface area contributed by atoms with E-state index in [9.17, 15) is 4.79 Å². The molecule has 1 fully saturated rings. The predicted octanol–water partition coefficient (Wildman–Crippen LogP) is 2.77. The lowest BCUT2D eigenvalue weighted by molar-refractivity contribution is 0.0701. The summed E-state index contributed by atoms with van der Waals surface area (Å²) in [4.78, 5) is 23.8. The maximum atomic E-state index is 13.3. The molecule has 1 saturated heterocycles. The zero-order chi connectivity index (χ0) is 19.0. The molecule has 7 nitrogen and oxygen atoms in total. The van der Waals surface area contributed by atoms with E-state index >= 15 is 0 Å². The monoisotopic (exact) mass is 365 g/mol. The Kier molecular flexibility index (Phi) is 4.51. The number of rotatable bonds is 3. The van der Waals surface area contributed by atoms with Gasteiger partial charge in [0.2, 0.25) is 0 Å². The second-order valence-electron chi connectivity index (χ2n) is 7.04. The summed E-state index contributed by atoms with van der Waals surface area (Å²) in [6.07, 6.45) is 3.48. The Bertz CT molecular complexity index is 997. The van der Waals surface area contributed by atoms with Crippen molar-refractivity contribution in [1.29, 1.82) is 0 Å². The molecule has 0 radical (unpaired) electrons. The summed E-state index contributed by atoms with van der Waals surface area (Å²) < 4.78 is 7.23. The van der Waals surface area contributed by atoms with Crippen LogP contribution in [0.5, 0.6) is 5.75 Å². The molecule has 1 aliphatic heterocycles. The number of hydrogen-bond acceptors (Lipinski definition) is 5. The average molecular weight is 365 g/mol. The number of methoxy groups -OCH3 is 1. The van der Waals surface area contributed by atoms with E-state index in [1.807, 2.05) is 36.9 Å².